The molecule has 1 aliphatic carbocycles. The highest BCUT2D eigenvalue weighted by Gasteiger charge is 2.28. The Hall–Kier alpha value is -3.93. The maximum Gasteiger partial charge on any atom is 0.407 e. The van der Waals surface area contributed by atoms with E-state index in [1.807, 2.05) is 30.3 Å². The molecular weight excluding hydrogens is 421 g/mol. The molecule has 2 N–H and O–H groups in total. The Labute approximate surface area is 191 Å². The highest BCUT2D eigenvalue weighted by Crippen LogP contribution is 2.44. The summed E-state index contributed by atoms with van der Waals surface area (Å²) >= 11 is 0. The van der Waals surface area contributed by atoms with Gasteiger partial charge in [0.1, 0.15) is 12.4 Å². The standard InChI is InChI=1S/C27H24FNO4/c28-25-15-18(12-13-19(25)16-26(30)31)7-5-6-14-29-27(32)33-17-24-22-10-3-1-8-20(22)21-9-2-4-11-23(21)24/h1-5,7-13,15,24H,6,14,16-17H2,(H,29,32)(H,30,31). The Balaban J connectivity index is 1.25. The number of carboxylic acids is 1. The van der Waals surface area contributed by atoms with Crippen LogP contribution in [0.3, 0.4) is 0 Å². The summed E-state index contributed by atoms with van der Waals surface area (Å²) in [6, 6.07) is 20.8. The lowest BCUT2D eigenvalue weighted by molar-refractivity contribution is -0.136. The van der Waals surface area contributed by atoms with Crippen LogP contribution in [0.5, 0.6) is 0 Å². The molecule has 0 unspecified atom stereocenters. The number of ether oxygens (including phenoxy) is 1. The summed E-state index contributed by atoms with van der Waals surface area (Å²) in [5.74, 6) is -1.60. The van der Waals surface area contributed by atoms with E-state index in [9.17, 15) is 14.0 Å². The molecule has 1 amide bonds. The zero-order chi connectivity index (χ0) is 23.2. The summed E-state index contributed by atoms with van der Waals surface area (Å²) in [7, 11) is 0. The molecule has 6 heteroatoms. The van der Waals surface area contributed by atoms with E-state index >= 15 is 0 Å². The van der Waals surface area contributed by atoms with Crippen LogP contribution in [0.25, 0.3) is 17.2 Å². The minimum atomic E-state index is -1.07. The molecule has 0 heterocycles. The number of halogens is 1. The van der Waals surface area contributed by atoms with Crippen LogP contribution in [0.2, 0.25) is 0 Å². The molecular formula is C27H24FNO4. The fourth-order valence-corrected chi connectivity index (χ4v) is 4.10. The van der Waals surface area contributed by atoms with Gasteiger partial charge in [-0.25, -0.2) is 9.18 Å². The van der Waals surface area contributed by atoms with Gasteiger partial charge in [0.2, 0.25) is 0 Å². The second kappa shape index (κ2) is 10.1. The number of hydrogen-bond acceptors (Lipinski definition) is 3. The molecule has 0 aromatic heterocycles. The van der Waals surface area contributed by atoms with Gasteiger partial charge in [0, 0.05) is 12.5 Å². The minimum absolute atomic E-state index is 0.0158. The molecule has 168 valence electrons. The average molecular weight is 445 g/mol. The molecule has 0 spiro atoms. The van der Waals surface area contributed by atoms with Crippen LogP contribution in [0, 0.1) is 5.82 Å². The Bertz CT molecular complexity index is 1160. The smallest absolute Gasteiger partial charge is 0.407 e. The van der Waals surface area contributed by atoms with Crippen molar-refractivity contribution in [2.24, 2.45) is 0 Å². The van der Waals surface area contributed by atoms with Gasteiger partial charge in [0.15, 0.2) is 0 Å². The van der Waals surface area contributed by atoms with Gasteiger partial charge < -0.3 is 15.2 Å². The number of nitrogens with one attached hydrogen (secondary N) is 1. The van der Waals surface area contributed by atoms with Crippen LogP contribution in [-0.2, 0) is 16.0 Å². The SMILES string of the molecule is O=C(O)Cc1ccc(C=CCCNC(=O)OCC2c3ccccc3-c3ccccc32)cc1F. The van der Waals surface area contributed by atoms with Gasteiger partial charge in [0.25, 0.3) is 0 Å². The van der Waals surface area contributed by atoms with Crippen LogP contribution >= 0.6 is 0 Å². The van der Waals surface area contributed by atoms with E-state index in [-0.39, 0.29) is 24.5 Å². The zero-order valence-electron chi connectivity index (χ0n) is 18.0. The number of hydrogen-bond donors (Lipinski definition) is 2. The van der Waals surface area contributed by atoms with Crippen LogP contribution in [0.1, 0.15) is 34.6 Å². The van der Waals surface area contributed by atoms with Crippen LogP contribution in [-0.4, -0.2) is 30.3 Å². The number of carbonyl (C=O) groups is 2. The monoisotopic (exact) mass is 445 g/mol. The Morgan fingerprint density at radius 3 is 2.30 bits per heavy atom. The lowest BCUT2D eigenvalue weighted by Gasteiger charge is -2.14. The number of benzene rings is 3. The van der Waals surface area contributed by atoms with Gasteiger partial charge in [-0.05, 0) is 45.9 Å². The van der Waals surface area contributed by atoms with Crippen molar-refractivity contribution in [3.8, 4) is 11.1 Å². The summed E-state index contributed by atoms with van der Waals surface area (Å²) in [5, 5.41) is 11.5. The molecule has 0 fully saturated rings. The van der Waals surface area contributed by atoms with E-state index in [0.717, 1.165) is 11.1 Å². The van der Waals surface area contributed by atoms with Gasteiger partial charge in [-0.15, -0.1) is 0 Å². The maximum atomic E-state index is 13.9. The third kappa shape index (κ3) is 5.29. The van der Waals surface area contributed by atoms with Crippen molar-refractivity contribution in [1.29, 1.82) is 0 Å². The second-order valence-electron chi connectivity index (χ2n) is 7.86. The highest BCUT2D eigenvalue weighted by molar-refractivity contribution is 5.79. The third-order valence-corrected chi connectivity index (χ3v) is 5.65. The molecule has 0 saturated heterocycles. The van der Waals surface area contributed by atoms with Crippen molar-refractivity contribution in [2.75, 3.05) is 13.2 Å². The number of carbonyl (C=O) groups excluding carboxylic acids is 1. The van der Waals surface area contributed by atoms with E-state index in [4.69, 9.17) is 9.84 Å². The van der Waals surface area contributed by atoms with Crippen LogP contribution < -0.4 is 5.32 Å². The van der Waals surface area contributed by atoms with Crippen LogP contribution in [0.4, 0.5) is 9.18 Å². The number of carboxylic acid groups (broad SMARTS) is 1. The molecule has 3 aromatic carbocycles. The van der Waals surface area contributed by atoms with Crippen molar-refractivity contribution >= 4 is 18.1 Å². The second-order valence-corrected chi connectivity index (χ2v) is 7.86. The predicted octanol–water partition coefficient (Wildman–Crippen LogP) is 5.39. The van der Waals surface area contributed by atoms with Gasteiger partial charge >= 0.3 is 12.1 Å². The van der Waals surface area contributed by atoms with Gasteiger partial charge in [-0.1, -0.05) is 72.8 Å². The first kappa shape index (κ1) is 22.3. The van der Waals surface area contributed by atoms with E-state index in [2.05, 4.69) is 29.6 Å². The van der Waals surface area contributed by atoms with Crippen molar-refractivity contribution in [3.05, 3.63) is 101 Å². The lowest BCUT2D eigenvalue weighted by Crippen LogP contribution is -2.26. The fraction of sp³-hybridized carbons (Fsp3) is 0.185. The number of fused-ring (bicyclic) bond motifs is 3. The van der Waals surface area contributed by atoms with Crippen molar-refractivity contribution in [3.63, 3.8) is 0 Å². The first-order valence-corrected chi connectivity index (χ1v) is 10.8. The van der Waals surface area contributed by atoms with Gasteiger partial charge in [-0.3, -0.25) is 4.79 Å². The molecule has 0 radical (unpaired) electrons. The Morgan fingerprint density at radius 2 is 1.67 bits per heavy atom. The topological polar surface area (TPSA) is 75.6 Å². The Morgan fingerprint density at radius 1 is 1.00 bits per heavy atom. The highest BCUT2D eigenvalue weighted by atomic mass is 19.1. The van der Waals surface area contributed by atoms with Crippen molar-refractivity contribution in [1.82, 2.24) is 5.32 Å². The number of rotatable bonds is 8. The van der Waals surface area contributed by atoms with E-state index in [0.29, 0.717) is 18.5 Å². The molecule has 0 aliphatic heterocycles. The van der Waals surface area contributed by atoms with Crippen molar-refractivity contribution < 1.29 is 23.8 Å². The quantitative estimate of drug-likeness (QED) is 0.456. The minimum Gasteiger partial charge on any atom is -0.481 e. The third-order valence-electron chi connectivity index (χ3n) is 5.65. The van der Waals surface area contributed by atoms with E-state index in [1.54, 1.807) is 12.1 Å². The summed E-state index contributed by atoms with van der Waals surface area (Å²) in [5.41, 5.74) is 5.46. The van der Waals surface area contributed by atoms with Gasteiger partial charge in [-0.2, -0.15) is 0 Å². The lowest BCUT2D eigenvalue weighted by atomic mass is 9.98. The fourth-order valence-electron chi connectivity index (χ4n) is 4.10. The average Bonchev–Trinajstić information content (AvgIpc) is 3.13. The number of aliphatic carboxylic acids is 1. The van der Waals surface area contributed by atoms with Crippen molar-refractivity contribution in [2.45, 2.75) is 18.8 Å². The summed E-state index contributed by atoms with van der Waals surface area (Å²) in [4.78, 5) is 22.9. The maximum absolute atomic E-state index is 13.9. The first-order valence-electron chi connectivity index (χ1n) is 10.8. The predicted molar refractivity (Wildman–Crippen MR) is 124 cm³/mol. The molecule has 0 saturated carbocycles. The first-order chi connectivity index (χ1) is 16.0. The molecule has 5 nitrogen and oxygen atoms in total. The molecule has 1 aliphatic rings. The molecule has 3 aromatic rings. The molecule has 0 atom stereocenters. The normalized spacial score (nSPS) is 12.4. The number of amides is 1. The van der Waals surface area contributed by atoms with Gasteiger partial charge in [0.05, 0.1) is 6.42 Å². The van der Waals surface area contributed by atoms with E-state index in [1.165, 1.54) is 23.3 Å². The summed E-state index contributed by atoms with van der Waals surface area (Å²) < 4.78 is 19.4. The van der Waals surface area contributed by atoms with Crippen LogP contribution in [0.15, 0.2) is 72.8 Å². The molecule has 4 rings (SSSR count). The number of alkyl carbamates (subject to hydrolysis) is 1. The molecule has 0 bridgehead atoms. The zero-order valence-corrected chi connectivity index (χ0v) is 18.0. The Kier molecular flexibility index (Phi) is 6.83. The van der Waals surface area contributed by atoms with E-state index < -0.39 is 17.9 Å². The largest absolute Gasteiger partial charge is 0.481 e. The molecule has 33 heavy (non-hydrogen) atoms. The summed E-state index contributed by atoms with van der Waals surface area (Å²) in [6.45, 7) is 0.643. The summed E-state index contributed by atoms with van der Waals surface area (Å²) in [6.07, 6.45) is 3.26.